The van der Waals surface area contributed by atoms with E-state index in [1.807, 2.05) is 53.1 Å². The van der Waals surface area contributed by atoms with Crippen LogP contribution >= 0.6 is 0 Å². The van der Waals surface area contributed by atoms with Crippen molar-refractivity contribution in [3.63, 3.8) is 0 Å². The number of nitrogens with one attached hydrogen (secondary N) is 2. The molecule has 0 aliphatic carbocycles. The maximum atomic E-state index is 12.9. The van der Waals surface area contributed by atoms with Crippen LogP contribution in [0, 0.1) is 0 Å². The van der Waals surface area contributed by atoms with E-state index in [1.54, 1.807) is 0 Å². The van der Waals surface area contributed by atoms with Gasteiger partial charge >= 0.3 is 0 Å². The summed E-state index contributed by atoms with van der Waals surface area (Å²) in [5.41, 5.74) is 3.68. The molecule has 1 aliphatic heterocycles. The lowest BCUT2D eigenvalue weighted by molar-refractivity contribution is -0.130. The Kier molecular flexibility index (Phi) is 6.62. The molecule has 162 valence electrons. The third kappa shape index (κ3) is 4.94. The van der Waals surface area contributed by atoms with E-state index in [-0.39, 0.29) is 24.5 Å². The van der Waals surface area contributed by atoms with Crippen molar-refractivity contribution in [3.8, 4) is 0 Å². The number of ether oxygens (including phenoxy) is 1. The zero-order valence-electron chi connectivity index (χ0n) is 17.8. The van der Waals surface area contributed by atoms with E-state index in [0.29, 0.717) is 19.6 Å². The standard InChI is InChI=1S/C24H28N4O3/c1-2-17-8-3-4-9-18(17)27-23(29)16-28-20-11-6-5-10-19(20)26-22(28)13-14-25-24(30)21-12-7-15-31-21/h3-6,8-11,21H,2,7,12-16H2,1H3,(H,25,30)(H,27,29). The average Bonchev–Trinajstić information content (AvgIpc) is 3.43. The van der Waals surface area contributed by atoms with Crippen molar-refractivity contribution in [1.29, 1.82) is 0 Å². The van der Waals surface area contributed by atoms with E-state index in [1.165, 1.54) is 0 Å². The van der Waals surface area contributed by atoms with Crippen LogP contribution in [-0.4, -0.2) is 40.6 Å². The van der Waals surface area contributed by atoms with Crippen LogP contribution in [0.2, 0.25) is 0 Å². The Morgan fingerprint density at radius 1 is 1.16 bits per heavy atom. The third-order valence-corrected chi connectivity index (χ3v) is 5.58. The quantitative estimate of drug-likeness (QED) is 0.587. The highest BCUT2D eigenvalue weighted by molar-refractivity contribution is 5.92. The Morgan fingerprint density at radius 3 is 2.77 bits per heavy atom. The minimum absolute atomic E-state index is 0.0749. The predicted molar refractivity (Wildman–Crippen MR) is 120 cm³/mol. The predicted octanol–water partition coefficient (Wildman–Crippen LogP) is 3.08. The Hall–Kier alpha value is -3.19. The van der Waals surface area contributed by atoms with Gasteiger partial charge in [0.15, 0.2) is 0 Å². The summed E-state index contributed by atoms with van der Waals surface area (Å²) in [6, 6.07) is 15.6. The molecule has 2 heterocycles. The molecule has 1 saturated heterocycles. The second-order valence-electron chi connectivity index (χ2n) is 7.70. The Labute approximate surface area is 181 Å². The van der Waals surface area contributed by atoms with E-state index >= 15 is 0 Å². The number of fused-ring (bicyclic) bond motifs is 1. The highest BCUT2D eigenvalue weighted by Gasteiger charge is 2.23. The van der Waals surface area contributed by atoms with Gasteiger partial charge in [-0.25, -0.2) is 4.98 Å². The molecule has 0 bridgehead atoms. The van der Waals surface area contributed by atoms with Crippen LogP contribution in [-0.2, 0) is 33.7 Å². The van der Waals surface area contributed by atoms with Crippen LogP contribution in [0.15, 0.2) is 48.5 Å². The number of aryl methyl sites for hydroxylation is 1. The Balaban J connectivity index is 1.47. The molecule has 0 saturated carbocycles. The van der Waals surface area contributed by atoms with Crippen molar-refractivity contribution < 1.29 is 14.3 Å². The number of nitrogens with zero attached hydrogens (tertiary/aromatic N) is 2. The molecular formula is C24H28N4O3. The zero-order chi connectivity index (χ0) is 21.6. The van der Waals surface area contributed by atoms with Gasteiger partial charge in [0.1, 0.15) is 18.5 Å². The average molecular weight is 421 g/mol. The molecule has 0 radical (unpaired) electrons. The zero-order valence-corrected chi connectivity index (χ0v) is 17.8. The number of rotatable bonds is 8. The number of hydrogen-bond donors (Lipinski definition) is 2. The minimum atomic E-state index is -0.344. The molecule has 1 aliphatic rings. The van der Waals surface area contributed by atoms with E-state index < -0.39 is 0 Å². The summed E-state index contributed by atoms with van der Waals surface area (Å²) in [6.07, 6.45) is 2.73. The van der Waals surface area contributed by atoms with Gasteiger partial charge in [-0.1, -0.05) is 37.3 Å². The van der Waals surface area contributed by atoms with Crippen LogP contribution in [0.1, 0.15) is 31.2 Å². The second-order valence-corrected chi connectivity index (χ2v) is 7.70. The smallest absolute Gasteiger partial charge is 0.249 e. The highest BCUT2D eigenvalue weighted by Crippen LogP contribution is 2.19. The van der Waals surface area contributed by atoms with Gasteiger partial charge in [-0.05, 0) is 43.0 Å². The number of imidazole rings is 1. The van der Waals surface area contributed by atoms with Crippen LogP contribution in [0.3, 0.4) is 0 Å². The molecule has 2 aromatic carbocycles. The van der Waals surface area contributed by atoms with Crippen LogP contribution in [0.25, 0.3) is 11.0 Å². The minimum Gasteiger partial charge on any atom is -0.368 e. The van der Waals surface area contributed by atoms with Crippen molar-refractivity contribution in [2.75, 3.05) is 18.5 Å². The molecule has 7 nitrogen and oxygen atoms in total. The maximum absolute atomic E-state index is 12.9. The van der Waals surface area contributed by atoms with E-state index in [0.717, 1.165) is 47.4 Å². The van der Waals surface area contributed by atoms with Crippen LogP contribution < -0.4 is 10.6 Å². The van der Waals surface area contributed by atoms with Gasteiger partial charge in [0.2, 0.25) is 11.8 Å². The summed E-state index contributed by atoms with van der Waals surface area (Å²) >= 11 is 0. The van der Waals surface area contributed by atoms with Crippen LogP contribution in [0.5, 0.6) is 0 Å². The molecule has 1 aromatic heterocycles. The molecule has 1 unspecified atom stereocenters. The lowest BCUT2D eigenvalue weighted by atomic mass is 10.1. The summed E-state index contributed by atoms with van der Waals surface area (Å²) in [7, 11) is 0. The molecule has 7 heteroatoms. The summed E-state index contributed by atoms with van der Waals surface area (Å²) in [5, 5.41) is 5.96. The van der Waals surface area contributed by atoms with Crippen molar-refractivity contribution in [1.82, 2.24) is 14.9 Å². The number of benzene rings is 2. The first-order valence-corrected chi connectivity index (χ1v) is 10.9. The third-order valence-electron chi connectivity index (χ3n) is 5.58. The molecular weight excluding hydrogens is 392 g/mol. The van der Waals surface area contributed by atoms with Gasteiger partial charge in [0.25, 0.3) is 0 Å². The monoisotopic (exact) mass is 420 g/mol. The second kappa shape index (κ2) is 9.75. The molecule has 3 aromatic rings. The van der Waals surface area contributed by atoms with E-state index in [4.69, 9.17) is 9.72 Å². The number of anilines is 1. The van der Waals surface area contributed by atoms with Gasteiger partial charge in [-0.3, -0.25) is 9.59 Å². The number of carbonyl (C=O) groups excluding carboxylic acids is 2. The number of amides is 2. The fraction of sp³-hybridized carbons (Fsp3) is 0.375. The van der Waals surface area contributed by atoms with E-state index in [9.17, 15) is 9.59 Å². The van der Waals surface area contributed by atoms with Crippen molar-refractivity contribution >= 4 is 28.5 Å². The van der Waals surface area contributed by atoms with Gasteiger partial charge in [-0.15, -0.1) is 0 Å². The first kappa shape index (κ1) is 21.1. The summed E-state index contributed by atoms with van der Waals surface area (Å²) < 4.78 is 7.36. The lowest BCUT2D eigenvalue weighted by Crippen LogP contribution is -2.35. The first-order valence-electron chi connectivity index (χ1n) is 10.9. The Morgan fingerprint density at radius 2 is 1.97 bits per heavy atom. The lowest BCUT2D eigenvalue weighted by Gasteiger charge is -2.13. The summed E-state index contributed by atoms with van der Waals surface area (Å²) in [6.45, 7) is 3.32. The van der Waals surface area contributed by atoms with Crippen molar-refractivity contribution in [2.45, 2.75) is 45.3 Å². The highest BCUT2D eigenvalue weighted by atomic mass is 16.5. The number of para-hydroxylation sites is 3. The van der Waals surface area contributed by atoms with Crippen LogP contribution in [0.4, 0.5) is 5.69 Å². The number of carbonyl (C=O) groups is 2. The largest absolute Gasteiger partial charge is 0.368 e. The molecule has 1 atom stereocenters. The van der Waals surface area contributed by atoms with Gasteiger partial charge in [0, 0.05) is 25.3 Å². The van der Waals surface area contributed by atoms with Gasteiger partial charge in [0.05, 0.1) is 11.0 Å². The fourth-order valence-corrected chi connectivity index (χ4v) is 3.97. The molecule has 4 rings (SSSR count). The number of aromatic nitrogens is 2. The fourth-order valence-electron chi connectivity index (χ4n) is 3.97. The Bertz CT molecular complexity index is 1070. The summed E-state index contributed by atoms with van der Waals surface area (Å²) in [4.78, 5) is 29.8. The molecule has 0 spiro atoms. The SMILES string of the molecule is CCc1ccccc1NC(=O)Cn1c(CCNC(=O)C2CCCO2)nc2ccccc21. The summed E-state index contributed by atoms with van der Waals surface area (Å²) in [5.74, 6) is 0.593. The van der Waals surface area contributed by atoms with Crippen molar-refractivity contribution in [3.05, 3.63) is 59.9 Å². The van der Waals surface area contributed by atoms with Gasteiger partial charge < -0.3 is 19.9 Å². The maximum Gasteiger partial charge on any atom is 0.249 e. The molecule has 2 N–H and O–H groups in total. The normalized spacial score (nSPS) is 15.8. The van der Waals surface area contributed by atoms with Crippen molar-refractivity contribution in [2.24, 2.45) is 0 Å². The first-order chi connectivity index (χ1) is 15.2. The molecule has 31 heavy (non-hydrogen) atoms. The molecule has 1 fully saturated rings. The topological polar surface area (TPSA) is 85.2 Å². The molecule has 2 amide bonds. The van der Waals surface area contributed by atoms with E-state index in [2.05, 4.69) is 17.6 Å². The number of hydrogen-bond acceptors (Lipinski definition) is 4. The van der Waals surface area contributed by atoms with Gasteiger partial charge in [-0.2, -0.15) is 0 Å².